The Morgan fingerprint density at radius 3 is 2.62 bits per heavy atom. The largest absolute Gasteiger partial charge is 0.378 e. The average Bonchev–Trinajstić information content (AvgIpc) is 2.95. The molecule has 0 N–H and O–H groups in total. The zero-order valence-electron chi connectivity index (χ0n) is 12.6. The van der Waals surface area contributed by atoms with Crippen molar-refractivity contribution in [1.82, 2.24) is 4.57 Å². The van der Waals surface area contributed by atoms with Gasteiger partial charge in [-0.1, -0.05) is 6.07 Å². The van der Waals surface area contributed by atoms with Crippen molar-refractivity contribution in [3.05, 3.63) is 40.2 Å². The van der Waals surface area contributed by atoms with Crippen LogP contribution >= 0.6 is 0 Å². The maximum absolute atomic E-state index is 12.4. The van der Waals surface area contributed by atoms with Crippen molar-refractivity contribution < 1.29 is 9.47 Å². The number of ether oxygens (including phenoxy) is 2. The summed E-state index contributed by atoms with van der Waals surface area (Å²) in [5.74, 6) is 0. The summed E-state index contributed by atoms with van der Waals surface area (Å²) in [6.07, 6.45) is -0.336. The second-order valence-electron chi connectivity index (χ2n) is 5.54. The Hall–Kier alpha value is -1.85. The Labute approximate surface area is 123 Å². The molecule has 3 rings (SSSR count). The highest BCUT2D eigenvalue weighted by Gasteiger charge is 2.18. The van der Waals surface area contributed by atoms with Gasteiger partial charge >= 0.3 is 0 Å². The first-order valence-electron chi connectivity index (χ1n) is 7.11. The second-order valence-corrected chi connectivity index (χ2v) is 5.54. The van der Waals surface area contributed by atoms with Crippen LogP contribution in [-0.4, -0.2) is 38.2 Å². The van der Waals surface area contributed by atoms with Gasteiger partial charge in [0.2, 0.25) is 0 Å². The van der Waals surface area contributed by atoms with Crippen LogP contribution in [0.1, 0.15) is 5.56 Å². The standard InChI is InChI=1S/C16H20N2O3/c1-11-8-15(19)18(10-16-20-6-7-21-16)14-9-12(17(2)3)4-5-13(11)14/h4-5,8-9,16H,6-7,10H2,1-3H3. The Balaban J connectivity index is 2.15. The molecule has 0 atom stereocenters. The lowest BCUT2D eigenvalue weighted by Crippen LogP contribution is -2.27. The highest BCUT2D eigenvalue weighted by molar-refractivity contribution is 5.85. The molecule has 0 spiro atoms. The fraction of sp³-hybridized carbons (Fsp3) is 0.438. The van der Waals surface area contributed by atoms with Crippen molar-refractivity contribution >= 4 is 16.6 Å². The van der Waals surface area contributed by atoms with Crippen molar-refractivity contribution in [2.24, 2.45) is 0 Å². The number of rotatable bonds is 3. The molecule has 21 heavy (non-hydrogen) atoms. The maximum Gasteiger partial charge on any atom is 0.251 e. The predicted octanol–water partition coefficient (Wildman–Crippen LogP) is 1.75. The molecule has 0 bridgehead atoms. The van der Waals surface area contributed by atoms with Crippen LogP contribution in [0.5, 0.6) is 0 Å². The Morgan fingerprint density at radius 1 is 1.24 bits per heavy atom. The van der Waals surface area contributed by atoms with E-state index < -0.39 is 0 Å². The van der Waals surface area contributed by atoms with Crippen molar-refractivity contribution in [3.8, 4) is 0 Å². The Bertz CT molecular complexity index is 715. The van der Waals surface area contributed by atoms with Crippen LogP contribution in [0.15, 0.2) is 29.1 Å². The van der Waals surface area contributed by atoms with Crippen molar-refractivity contribution in [2.45, 2.75) is 19.8 Å². The Morgan fingerprint density at radius 2 is 1.95 bits per heavy atom. The van der Waals surface area contributed by atoms with Gasteiger partial charge in [-0.3, -0.25) is 4.79 Å². The summed E-state index contributed by atoms with van der Waals surface area (Å²) < 4.78 is 12.7. The molecule has 0 aliphatic carbocycles. The van der Waals surface area contributed by atoms with Gasteiger partial charge in [0.25, 0.3) is 5.56 Å². The SMILES string of the molecule is Cc1cc(=O)n(CC2OCCO2)c2cc(N(C)C)ccc12. The van der Waals surface area contributed by atoms with Crippen LogP contribution in [-0.2, 0) is 16.0 Å². The molecule has 0 unspecified atom stereocenters. The highest BCUT2D eigenvalue weighted by atomic mass is 16.7. The molecule has 1 saturated heterocycles. The third kappa shape index (κ3) is 2.66. The second kappa shape index (κ2) is 5.50. The number of benzene rings is 1. The van der Waals surface area contributed by atoms with E-state index in [0.717, 1.165) is 22.2 Å². The van der Waals surface area contributed by atoms with Gasteiger partial charge in [0, 0.05) is 31.2 Å². The van der Waals surface area contributed by atoms with Gasteiger partial charge < -0.3 is 18.9 Å². The first-order chi connectivity index (χ1) is 10.1. The van der Waals surface area contributed by atoms with Crippen molar-refractivity contribution in [1.29, 1.82) is 0 Å². The number of fused-ring (bicyclic) bond motifs is 1. The summed E-state index contributed by atoms with van der Waals surface area (Å²) >= 11 is 0. The van der Waals surface area contributed by atoms with Gasteiger partial charge in [-0.25, -0.2) is 0 Å². The van der Waals surface area contributed by atoms with Crippen LogP contribution in [0.25, 0.3) is 10.9 Å². The number of aromatic nitrogens is 1. The van der Waals surface area contributed by atoms with Gasteiger partial charge in [-0.15, -0.1) is 0 Å². The highest BCUT2D eigenvalue weighted by Crippen LogP contribution is 2.23. The van der Waals surface area contributed by atoms with Crippen molar-refractivity contribution in [3.63, 3.8) is 0 Å². The van der Waals surface area contributed by atoms with Gasteiger partial charge in [0.1, 0.15) is 0 Å². The quantitative estimate of drug-likeness (QED) is 0.863. The average molecular weight is 288 g/mol. The summed E-state index contributed by atoms with van der Waals surface area (Å²) in [5.41, 5.74) is 2.96. The molecule has 1 aliphatic rings. The molecule has 2 aromatic rings. The summed E-state index contributed by atoms with van der Waals surface area (Å²) in [6.45, 7) is 3.57. The van der Waals surface area contributed by atoms with E-state index in [9.17, 15) is 4.79 Å². The lowest BCUT2D eigenvalue weighted by Gasteiger charge is -2.18. The molecule has 0 radical (unpaired) electrons. The normalized spacial score (nSPS) is 15.8. The van der Waals surface area contributed by atoms with Crippen LogP contribution in [0, 0.1) is 6.92 Å². The maximum atomic E-state index is 12.4. The predicted molar refractivity (Wildman–Crippen MR) is 83.0 cm³/mol. The molecule has 1 aliphatic heterocycles. The summed E-state index contributed by atoms with van der Waals surface area (Å²) in [7, 11) is 3.98. The van der Waals surface area contributed by atoms with E-state index in [-0.39, 0.29) is 11.8 Å². The molecule has 1 fully saturated rings. The van der Waals surface area contributed by atoms with Crippen LogP contribution < -0.4 is 10.5 Å². The number of pyridine rings is 1. The fourth-order valence-electron chi connectivity index (χ4n) is 2.66. The van der Waals surface area contributed by atoms with Crippen LogP contribution in [0.2, 0.25) is 0 Å². The third-order valence-corrected chi connectivity index (χ3v) is 3.84. The van der Waals surface area contributed by atoms with Crippen LogP contribution in [0.4, 0.5) is 5.69 Å². The molecule has 0 saturated carbocycles. The zero-order chi connectivity index (χ0) is 15.0. The number of hydrogen-bond acceptors (Lipinski definition) is 4. The van der Waals surface area contributed by atoms with E-state index in [1.807, 2.05) is 32.0 Å². The molecule has 0 amide bonds. The van der Waals surface area contributed by atoms with Gasteiger partial charge in [0.05, 0.1) is 25.3 Å². The molecule has 5 nitrogen and oxygen atoms in total. The van der Waals surface area contributed by atoms with Crippen LogP contribution in [0.3, 0.4) is 0 Å². The van der Waals surface area contributed by atoms with Gasteiger partial charge in [0.15, 0.2) is 6.29 Å². The van der Waals surface area contributed by atoms with E-state index >= 15 is 0 Å². The molecule has 112 valence electrons. The zero-order valence-corrected chi connectivity index (χ0v) is 12.6. The molecular weight excluding hydrogens is 268 g/mol. The topological polar surface area (TPSA) is 43.7 Å². The third-order valence-electron chi connectivity index (χ3n) is 3.84. The van der Waals surface area contributed by atoms with E-state index in [4.69, 9.17) is 9.47 Å². The lowest BCUT2D eigenvalue weighted by atomic mass is 10.1. The fourth-order valence-corrected chi connectivity index (χ4v) is 2.66. The van der Waals surface area contributed by atoms with E-state index in [1.165, 1.54) is 0 Å². The molecule has 2 heterocycles. The molecule has 5 heteroatoms. The monoisotopic (exact) mass is 288 g/mol. The number of anilines is 1. The molecule has 1 aromatic heterocycles. The summed E-state index contributed by atoms with van der Waals surface area (Å²) in [6, 6.07) is 7.84. The summed E-state index contributed by atoms with van der Waals surface area (Å²) in [4.78, 5) is 14.4. The van der Waals surface area contributed by atoms with Gasteiger partial charge in [-0.05, 0) is 24.6 Å². The summed E-state index contributed by atoms with van der Waals surface area (Å²) in [5, 5.41) is 1.08. The minimum Gasteiger partial charge on any atom is -0.378 e. The first kappa shape index (κ1) is 14.1. The molecule has 1 aromatic carbocycles. The number of aryl methyl sites for hydroxylation is 1. The lowest BCUT2D eigenvalue weighted by molar-refractivity contribution is -0.0522. The van der Waals surface area contributed by atoms with E-state index in [1.54, 1.807) is 10.6 Å². The minimum atomic E-state index is -0.336. The van der Waals surface area contributed by atoms with E-state index in [0.29, 0.717) is 19.8 Å². The smallest absolute Gasteiger partial charge is 0.251 e. The number of hydrogen-bond donors (Lipinski definition) is 0. The van der Waals surface area contributed by atoms with Crippen molar-refractivity contribution in [2.75, 3.05) is 32.2 Å². The minimum absolute atomic E-state index is 0.0185. The Kier molecular flexibility index (Phi) is 3.69. The van der Waals surface area contributed by atoms with E-state index in [2.05, 4.69) is 12.1 Å². The first-order valence-corrected chi connectivity index (χ1v) is 7.11. The number of nitrogens with zero attached hydrogens (tertiary/aromatic N) is 2. The van der Waals surface area contributed by atoms with Gasteiger partial charge in [-0.2, -0.15) is 0 Å². The molecular formula is C16H20N2O3.